The third-order valence-corrected chi connectivity index (χ3v) is 2.63. The summed E-state index contributed by atoms with van der Waals surface area (Å²) in [5.74, 6) is -0.722. The molecular weight excluding hydrogens is 209 g/mol. The highest BCUT2D eigenvalue weighted by molar-refractivity contribution is 5.94. The van der Waals surface area contributed by atoms with Gasteiger partial charge in [-0.25, -0.2) is 4.39 Å². The van der Waals surface area contributed by atoms with Crippen molar-refractivity contribution >= 4 is 5.91 Å². The maximum atomic E-state index is 13.4. The van der Waals surface area contributed by atoms with Crippen LogP contribution in [0.25, 0.3) is 0 Å². The molecule has 0 bridgehead atoms. The number of carbonyl (C=O) groups is 1. The summed E-state index contributed by atoms with van der Waals surface area (Å²) >= 11 is 0. The molecule has 1 aliphatic heterocycles. The highest BCUT2D eigenvalue weighted by Crippen LogP contribution is 2.13. The van der Waals surface area contributed by atoms with E-state index in [4.69, 9.17) is 4.74 Å². The van der Waals surface area contributed by atoms with E-state index in [0.717, 1.165) is 0 Å². The fraction of sp³-hybridized carbons (Fsp3) is 0.417. The minimum absolute atomic E-state index is 0.0180. The average Bonchev–Trinajstić information content (AvgIpc) is 2.29. The van der Waals surface area contributed by atoms with Crippen LogP contribution >= 0.6 is 0 Å². The molecule has 0 saturated carbocycles. The van der Waals surface area contributed by atoms with Crippen LogP contribution in [0.2, 0.25) is 0 Å². The third kappa shape index (κ3) is 2.22. The molecule has 1 heterocycles. The van der Waals surface area contributed by atoms with Crippen LogP contribution in [0.15, 0.2) is 24.3 Å². The molecule has 1 aromatic carbocycles. The number of hydrogen-bond donors (Lipinski definition) is 0. The lowest BCUT2D eigenvalue weighted by atomic mass is 10.1. The zero-order valence-electron chi connectivity index (χ0n) is 9.15. The van der Waals surface area contributed by atoms with E-state index in [0.29, 0.717) is 19.7 Å². The van der Waals surface area contributed by atoms with E-state index in [2.05, 4.69) is 0 Å². The van der Waals surface area contributed by atoms with E-state index in [1.54, 1.807) is 17.0 Å². The van der Waals surface area contributed by atoms with Gasteiger partial charge < -0.3 is 9.64 Å². The second kappa shape index (κ2) is 4.61. The second-order valence-electron chi connectivity index (χ2n) is 3.91. The lowest BCUT2D eigenvalue weighted by Gasteiger charge is -2.31. The van der Waals surface area contributed by atoms with Crippen molar-refractivity contribution in [1.29, 1.82) is 0 Å². The van der Waals surface area contributed by atoms with Gasteiger partial charge in [0.15, 0.2) is 0 Å². The number of halogens is 1. The van der Waals surface area contributed by atoms with Gasteiger partial charge in [0.05, 0.1) is 18.3 Å². The maximum absolute atomic E-state index is 13.4. The van der Waals surface area contributed by atoms with Crippen LogP contribution in [0.3, 0.4) is 0 Å². The molecule has 3 nitrogen and oxygen atoms in total. The number of amides is 1. The van der Waals surface area contributed by atoms with Crippen LogP contribution in [0.1, 0.15) is 17.3 Å². The number of benzene rings is 1. The molecule has 1 saturated heterocycles. The molecule has 0 radical (unpaired) electrons. The molecular formula is C12H14FNO2. The number of carbonyl (C=O) groups excluding carboxylic acids is 1. The van der Waals surface area contributed by atoms with Crippen LogP contribution < -0.4 is 0 Å². The molecule has 0 aliphatic carbocycles. The van der Waals surface area contributed by atoms with Crippen molar-refractivity contribution in [3.05, 3.63) is 35.6 Å². The summed E-state index contributed by atoms with van der Waals surface area (Å²) in [5, 5.41) is 0. The summed E-state index contributed by atoms with van der Waals surface area (Å²) < 4.78 is 18.8. The van der Waals surface area contributed by atoms with E-state index in [-0.39, 0.29) is 17.6 Å². The molecule has 1 atom stereocenters. The zero-order chi connectivity index (χ0) is 11.5. The monoisotopic (exact) mass is 223 g/mol. The Kier molecular flexibility index (Phi) is 3.19. The predicted octanol–water partition coefficient (Wildman–Crippen LogP) is 1.69. The van der Waals surface area contributed by atoms with Crippen molar-refractivity contribution in [3.8, 4) is 0 Å². The molecule has 2 rings (SSSR count). The SMILES string of the molecule is C[C@@H]1CN(C(=O)c2ccccc2F)CCO1. The minimum atomic E-state index is -0.466. The van der Waals surface area contributed by atoms with Gasteiger partial charge in [-0.3, -0.25) is 4.79 Å². The summed E-state index contributed by atoms with van der Waals surface area (Å²) in [7, 11) is 0. The molecule has 0 spiro atoms. The van der Waals surface area contributed by atoms with Gasteiger partial charge in [0.1, 0.15) is 5.82 Å². The van der Waals surface area contributed by atoms with Gasteiger partial charge in [-0.05, 0) is 19.1 Å². The third-order valence-electron chi connectivity index (χ3n) is 2.63. The van der Waals surface area contributed by atoms with Gasteiger partial charge in [-0.15, -0.1) is 0 Å². The van der Waals surface area contributed by atoms with E-state index in [1.165, 1.54) is 12.1 Å². The number of nitrogens with zero attached hydrogens (tertiary/aromatic N) is 1. The van der Waals surface area contributed by atoms with E-state index < -0.39 is 5.82 Å². The lowest BCUT2D eigenvalue weighted by molar-refractivity contribution is -0.0125. The quantitative estimate of drug-likeness (QED) is 0.725. The Hall–Kier alpha value is -1.42. The van der Waals surface area contributed by atoms with Crippen molar-refractivity contribution in [2.75, 3.05) is 19.7 Å². The number of hydrogen-bond acceptors (Lipinski definition) is 2. The maximum Gasteiger partial charge on any atom is 0.256 e. The minimum Gasteiger partial charge on any atom is -0.375 e. The van der Waals surface area contributed by atoms with Gasteiger partial charge >= 0.3 is 0 Å². The molecule has 4 heteroatoms. The first kappa shape index (κ1) is 11.1. The van der Waals surface area contributed by atoms with Gasteiger partial charge in [0, 0.05) is 13.1 Å². The molecule has 86 valence electrons. The Labute approximate surface area is 93.8 Å². The Morgan fingerprint density at radius 3 is 2.94 bits per heavy atom. The van der Waals surface area contributed by atoms with Crippen LogP contribution in [-0.2, 0) is 4.74 Å². The summed E-state index contributed by atoms with van der Waals surface area (Å²) in [6, 6.07) is 6.06. The molecule has 0 N–H and O–H groups in total. The van der Waals surface area contributed by atoms with Crippen LogP contribution in [-0.4, -0.2) is 36.6 Å². The van der Waals surface area contributed by atoms with E-state index in [9.17, 15) is 9.18 Å². The molecule has 1 amide bonds. The molecule has 1 fully saturated rings. The summed E-state index contributed by atoms with van der Waals surface area (Å²) in [5.41, 5.74) is 0.136. The van der Waals surface area contributed by atoms with Crippen LogP contribution in [0.5, 0.6) is 0 Å². The second-order valence-corrected chi connectivity index (χ2v) is 3.91. The lowest BCUT2D eigenvalue weighted by Crippen LogP contribution is -2.44. The van der Waals surface area contributed by atoms with Crippen molar-refractivity contribution in [2.24, 2.45) is 0 Å². The molecule has 0 unspecified atom stereocenters. The molecule has 0 aromatic heterocycles. The Morgan fingerprint density at radius 2 is 2.25 bits per heavy atom. The standard InChI is InChI=1S/C12H14FNO2/c1-9-8-14(6-7-16-9)12(15)10-4-2-3-5-11(10)13/h2-5,9H,6-8H2,1H3/t9-/m1/s1. The molecule has 1 aliphatic rings. The Balaban J connectivity index is 2.16. The predicted molar refractivity (Wildman–Crippen MR) is 57.7 cm³/mol. The van der Waals surface area contributed by atoms with E-state index >= 15 is 0 Å². The summed E-state index contributed by atoms with van der Waals surface area (Å²) in [6.45, 7) is 3.47. The fourth-order valence-electron chi connectivity index (χ4n) is 1.81. The highest BCUT2D eigenvalue weighted by atomic mass is 19.1. The van der Waals surface area contributed by atoms with Crippen LogP contribution in [0.4, 0.5) is 4.39 Å². The normalized spacial score (nSPS) is 20.9. The fourth-order valence-corrected chi connectivity index (χ4v) is 1.81. The average molecular weight is 223 g/mol. The first-order valence-electron chi connectivity index (χ1n) is 5.34. The van der Waals surface area contributed by atoms with Gasteiger partial charge in [0.2, 0.25) is 0 Å². The Morgan fingerprint density at radius 1 is 1.50 bits per heavy atom. The van der Waals surface area contributed by atoms with Crippen molar-refractivity contribution in [1.82, 2.24) is 4.90 Å². The topological polar surface area (TPSA) is 29.5 Å². The molecule has 1 aromatic rings. The largest absolute Gasteiger partial charge is 0.375 e. The summed E-state index contributed by atoms with van der Waals surface area (Å²) in [4.78, 5) is 13.6. The highest BCUT2D eigenvalue weighted by Gasteiger charge is 2.23. The van der Waals surface area contributed by atoms with Gasteiger partial charge in [-0.1, -0.05) is 12.1 Å². The van der Waals surface area contributed by atoms with E-state index in [1.807, 2.05) is 6.92 Å². The summed E-state index contributed by atoms with van der Waals surface area (Å²) in [6.07, 6.45) is 0.0180. The number of morpholine rings is 1. The van der Waals surface area contributed by atoms with Crippen LogP contribution in [0, 0.1) is 5.82 Å². The zero-order valence-corrected chi connectivity index (χ0v) is 9.15. The smallest absolute Gasteiger partial charge is 0.256 e. The van der Waals surface area contributed by atoms with Gasteiger partial charge in [0.25, 0.3) is 5.91 Å². The molecule has 16 heavy (non-hydrogen) atoms. The number of ether oxygens (including phenoxy) is 1. The van der Waals surface area contributed by atoms with Crippen molar-refractivity contribution in [3.63, 3.8) is 0 Å². The van der Waals surface area contributed by atoms with Crippen molar-refractivity contribution in [2.45, 2.75) is 13.0 Å². The first-order valence-corrected chi connectivity index (χ1v) is 5.34. The van der Waals surface area contributed by atoms with Gasteiger partial charge in [-0.2, -0.15) is 0 Å². The van der Waals surface area contributed by atoms with Crippen molar-refractivity contribution < 1.29 is 13.9 Å². The Bertz CT molecular complexity index is 394. The first-order chi connectivity index (χ1) is 7.68. The number of rotatable bonds is 1.